The van der Waals surface area contributed by atoms with Crippen molar-refractivity contribution >= 4 is 34.2 Å². The van der Waals surface area contributed by atoms with Crippen molar-refractivity contribution in [2.75, 3.05) is 32.9 Å². The highest BCUT2D eigenvalue weighted by atomic mass is 32.1. The fourth-order valence-corrected chi connectivity index (χ4v) is 6.75. The molecular weight excluding hydrogens is 590 g/mol. The number of hydrogen-bond donors (Lipinski definition) is 4. The number of amides is 3. The molecule has 1 aromatic heterocycles. The molecule has 1 heterocycles. The Labute approximate surface area is 272 Å². The van der Waals surface area contributed by atoms with E-state index in [4.69, 9.17) is 5.73 Å². The highest BCUT2D eigenvalue weighted by molar-refractivity contribution is 7.13. The largest absolute Gasteiger partial charge is 0.390 e. The van der Waals surface area contributed by atoms with Crippen LogP contribution in [0, 0.1) is 17.8 Å². The Morgan fingerprint density at radius 2 is 1.78 bits per heavy atom. The van der Waals surface area contributed by atoms with Crippen LogP contribution < -0.4 is 11.1 Å². The van der Waals surface area contributed by atoms with Gasteiger partial charge in [-0.05, 0) is 36.7 Å². The molecule has 3 amide bonds. The van der Waals surface area contributed by atoms with Gasteiger partial charge in [-0.2, -0.15) is 0 Å². The summed E-state index contributed by atoms with van der Waals surface area (Å²) in [6.45, 7) is 4.09. The summed E-state index contributed by atoms with van der Waals surface area (Å²) in [6, 6.07) is 9.04. The molecule has 1 saturated carbocycles. The summed E-state index contributed by atoms with van der Waals surface area (Å²) in [5.74, 6) is -1.46. The third kappa shape index (κ3) is 12.0. The summed E-state index contributed by atoms with van der Waals surface area (Å²) in [5.41, 5.74) is 7.59. The summed E-state index contributed by atoms with van der Waals surface area (Å²) < 4.78 is 0. The van der Waals surface area contributed by atoms with Gasteiger partial charge in [0, 0.05) is 38.9 Å². The number of nitrogens with one attached hydrogen (secondary N) is 1. The molecule has 45 heavy (non-hydrogen) atoms. The van der Waals surface area contributed by atoms with Crippen molar-refractivity contribution in [3.63, 3.8) is 0 Å². The Bertz CT molecular complexity index is 1200. The number of aliphatic hydroxyl groups excluding tert-OH is 2. The van der Waals surface area contributed by atoms with Crippen LogP contribution in [0.25, 0.3) is 0 Å². The highest BCUT2D eigenvalue weighted by Crippen LogP contribution is 2.32. The molecule has 3 rings (SSSR count). The minimum Gasteiger partial charge on any atom is -0.390 e. The number of anilines is 1. The van der Waals surface area contributed by atoms with Gasteiger partial charge in [0.25, 0.3) is 0 Å². The van der Waals surface area contributed by atoms with E-state index in [2.05, 4.69) is 10.3 Å². The zero-order chi connectivity index (χ0) is 32.9. The normalized spacial score (nSPS) is 16.5. The van der Waals surface area contributed by atoms with Crippen LogP contribution in [0.1, 0.15) is 76.5 Å². The van der Waals surface area contributed by atoms with Gasteiger partial charge in [0.2, 0.25) is 17.7 Å². The molecule has 10 nitrogen and oxygen atoms in total. The number of thiazole rings is 1. The van der Waals surface area contributed by atoms with Crippen LogP contribution in [0.3, 0.4) is 0 Å². The predicted molar refractivity (Wildman–Crippen MR) is 178 cm³/mol. The van der Waals surface area contributed by atoms with Gasteiger partial charge in [0.15, 0.2) is 5.13 Å². The smallest absolute Gasteiger partial charge is 0.241 e. The van der Waals surface area contributed by atoms with Crippen molar-refractivity contribution in [2.45, 2.75) is 96.3 Å². The van der Waals surface area contributed by atoms with Crippen LogP contribution in [0.2, 0.25) is 0 Å². The molecule has 0 radical (unpaired) electrons. The molecule has 4 atom stereocenters. The molecule has 11 heteroatoms. The van der Waals surface area contributed by atoms with Crippen LogP contribution in [0.5, 0.6) is 0 Å². The van der Waals surface area contributed by atoms with Gasteiger partial charge < -0.3 is 31.1 Å². The number of nitrogens with zero attached hydrogens (tertiary/aromatic N) is 3. The molecule has 1 aliphatic carbocycles. The molecule has 0 bridgehead atoms. The van der Waals surface area contributed by atoms with Gasteiger partial charge in [-0.25, -0.2) is 4.98 Å². The molecule has 0 aliphatic heterocycles. The molecule has 250 valence electrons. The first-order valence-corrected chi connectivity index (χ1v) is 17.2. The first-order chi connectivity index (χ1) is 21.4. The number of carbonyl (C=O) groups excluding carboxylic acids is 3. The number of rotatable bonds is 17. The van der Waals surface area contributed by atoms with Crippen LogP contribution >= 0.6 is 11.3 Å². The monoisotopic (exact) mass is 643 g/mol. The van der Waals surface area contributed by atoms with Crippen molar-refractivity contribution < 1.29 is 24.6 Å². The predicted octanol–water partition coefficient (Wildman–Crippen LogP) is 3.66. The minimum atomic E-state index is -1.25. The highest BCUT2D eigenvalue weighted by Gasteiger charge is 2.40. The zero-order valence-electron chi connectivity index (χ0n) is 27.4. The molecule has 1 fully saturated rings. The number of aromatic nitrogens is 1. The minimum absolute atomic E-state index is 0.113. The van der Waals surface area contributed by atoms with Crippen molar-refractivity contribution in [1.82, 2.24) is 20.1 Å². The molecule has 5 N–H and O–H groups in total. The fourth-order valence-electron chi connectivity index (χ4n) is 6.18. The maximum absolute atomic E-state index is 14.6. The number of carbonyl (C=O) groups is 3. The molecule has 0 spiro atoms. The third-order valence-electron chi connectivity index (χ3n) is 8.67. The van der Waals surface area contributed by atoms with Crippen molar-refractivity contribution in [2.24, 2.45) is 17.8 Å². The average molecular weight is 644 g/mol. The van der Waals surface area contributed by atoms with Gasteiger partial charge >= 0.3 is 0 Å². The summed E-state index contributed by atoms with van der Waals surface area (Å²) in [5, 5.41) is 27.8. The van der Waals surface area contributed by atoms with Gasteiger partial charge in [0.05, 0.1) is 23.8 Å². The second-order valence-corrected chi connectivity index (χ2v) is 14.0. The average Bonchev–Trinajstić information content (AvgIpc) is 3.42. The summed E-state index contributed by atoms with van der Waals surface area (Å²) in [6.07, 6.45) is 4.46. The summed E-state index contributed by atoms with van der Waals surface area (Å²) in [4.78, 5) is 48.3. The summed E-state index contributed by atoms with van der Waals surface area (Å²) in [7, 11) is 3.25. The van der Waals surface area contributed by atoms with E-state index in [1.165, 1.54) is 21.1 Å². The lowest BCUT2D eigenvalue weighted by atomic mass is 9.81. The third-order valence-corrected chi connectivity index (χ3v) is 9.40. The quantitative estimate of drug-likeness (QED) is 0.206. The standard InChI is InChI=1S/C34H53N5O5S/c1-23(2)17-29(40)32(43)28(18-25-13-9-6-10-14-25)39(21-31(42)38(3)4)33(44)26(19-27-22-45-34(35)37-27)20-30(41)36-16-15-24-11-7-5-8-12-24/h5,7-8,11-12,22-23,25-26,28-29,32,40,43H,6,9-10,13-21H2,1-4H3,(H2,35,37)(H,36,41)/t26-,28+,29+,32-/m1/s1. The number of benzene rings is 1. The van der Waals surface area contributed by atoms with Crippen LogP contribution in [-0.2, 0) is 27.2 Å². The van der Waals surface area contributed by atoms with Crippen LogP contribution in [0.4, 0.5) is 5.13 Å². The Morgan fingerprint density at radius 1 is 1.09 bits per heavy atom. The molecule has 2 aromatic rings. The van der Waals surface area contributed by atoms with Crippen LogP contribution in [0.15, 0.2) is 35.7 Å². The Hall–Kier alpha value is -3.02. The van der Waals surface area contributed by atoms with E-state index >= 15 is 0 Å². The number of hydrogen-bond acceptors (Lipinski definition) is 8. The second-order valence-electron chi connectivity index (χ2n) is 13.1. The van der Waals surface area contributed by atoms with E-state index < -0.39 is 30.1 Å². The lowest BCUT2D eigenvalue weighted by molar-refractivity contribution is -0.151. The first-order valence-electron chi connectivity index (χ1n) is 16.3. The number of aliphatic hydroxyl groups is 2. The molecule has 0 unspecified atom stereocenters. The van der Waals surface area contributed by atoms with Gasteiger partial charge in [-0.1, -0.05) is 76.3 Å². The van der Waals surface area contributed by atoms with Gasteiger partial charge in [-0.15, -0.1) is 11.3 Å². The Balaban J connectivity index is 1.92. The van der Waals surface area contributed by atoms with E-state index in [1.54, 1.807) is 19.5 Å². The lowest BCUT2D eigenvalue weighted by Crippen LogP contribution is -2.56. The maximum atomic E-state index is 14.6. The van der Waals surface area contributed by atoms with E-state index in [9.17, 15) is 24.6 Å². The number of nitrogen functional groups attached to an aromatic ring is 1. The molecular formula is C34H53N5O5S. The molecule has 0 saturated heterocycles. The Kier molecular flexibility index (Phi) is 14.7. The summed E-state index contributed by atoms with van der Waals surface area (Å²) >= 11 is 1.26. The maximum Gasteiger partial charge on any atom is 0.241 e. The number of likely N-dealkylation sites (N-methyl/N-ethyl adjacent to an activating group) is 1. The van der Waals surface area contributed by atoms with Crippen molar-refractivity contribution in [3.8, 4) is 0 Å². The van der Waals surface area contributed by atoms with E-state index in [1.807, 2.05) is 44.2 Å². The topological polar surface area (TPSA) is 149 Å². The van der Waals surface area contributed by atoms with Gasteiger partial charge in [0.1, 0.15) is 12.6 Å². The fraction of sp³-hybridized carbons (Fsp3) is 0.647. The number of nitrogens with two attached hydrogens (primary N) is 1. The van der Waals surface area contributed by atoms with E-state index in [0.29, 0.717) is 36.6 Å². The van der Waals surface area contributed by atoms with Gasteiger partial charge in [-0.3, -0.25) is 14.4 Å². The Morgan fingerprint density at radius 3 is 2.38 bits per heavy atom. The van der Waals surface area contributed by atoms with Crippen molar-refractivity contribution in [3.05, 3.63) is 47.0 Å². The van der Waals surface area contributed by atoms with Crippen LogP contribution in [-0.4, -0.2) is 88.2 Å². The SMILES string of the molecule is CC(C)C[C@H](O)[C@H](O)[C@H](CC1CCCCC1)N(CC(=O)N(C)C)C(=O)[C@@H](CC(=O)NCCc1ccccc1)Cc1csc(N)n1. The van der Waals surface area contributed by atoms with Crippen molar-refractivity contribution in [1.29, 1.82) is 0 Å². The second kappa shape index (κ2) is 18.2. The first kappa shape index (κ1) is 36.4. The van der Waals surface area contributed by atoms with E-state index in [0.717, 1.165) is 37.7 Å². The lowest BCUT2D eigenvalue weighted by Gasteiger charge is -2.41. The zero-order valence-corrected chi connectivity index (χ0v) is 28.2. The molecule has 1 aliphatic rings. The molecule has 1 aromatic carbocycles. The van der Waals surface area contributed by atoms with E-state index in [-0.39, 0.29) is 43.0 Å².